The van der Waals surface area contributed by atoms with E-state index in [2.05, 4.69) is 25.9 Å². The summed E-state index contributed by atoms with van der Waals surface area (Å²) in [5, 5.41) is 10.2. The summed E-state index contributed by atoms with van der Waals surface area (Å²) in [5.74, 6) is 0.990. The van der Waals surface area contributed by atoms with Crippen LogP contribution in [0.25, 0.3) is 10.9 Å². The first-order valence-corrected chi connectivity index (χ1v) is 9.75. The van der Waals surface area contributed by atoms with E-state index < -0.39 is 0 Å². The zero-order chi connectivity index (χ0) is 21.3. The maximum absolute atomic E-state index is 13.3. The van der Waals surface area contributed by atoms with E-state index in [9.17, 15) is 9.18 Å². The summed E-state index contributed by atoms with van der Waals surface area (Å²) in [6.07, 6.45) is 2.68. The highest BCUT2D eigenvalue weighted by atomic mass is 19.1. The van der Waals surface area contributed by atoms with Gasteiger partial charge in [0.15, 0.2) is 5.96 Å². The van der Waals surface area contributed by atoms with Crippen LogP contribution in [0.2, 0.25) is 0 Å². The summed E-state index contributed by atoms with van der Waals surface area (Å²) in [5.41, 5.74) is 2.62. The number of carbonyl (C=O) groups excluding carboxylic acids is 1. The fraction of sp³-hybridized carbons (Fsp3) is 0.273. The molecule has 3 rings (SSSR count). The van der Waals surface area contributed by atoms with E-state index in [0.717, 1.165) is 22.9 Å². The van der Waals surface area contributed by atoms with Crippen LogP contribution < -0.4 is 20.7 Å². The number of fused-ring (bicyclic) bond motifs is 1. The molecule has 158 valence electrons. The zero-order valence-electron chi connectivity index (χ0n) is 17.1. The Bertz CT molecular complexity index is 1030. The first kappa shape index (κ1) is 21.2. The SMILES string of the molecule is CN=C(NCCOc1cccc(NC(C)=O)c1)NCCc1c[nH]c2cc(F)ccc12. The topological polar surface area (TPSA) is 90.5 Å². The Kier molecular flexibility index (Phi) is 7.26. The predicted octanol–water partition coefficient (Wildman–Crippen LogP) is 3.05. The Morgan fingerprint density at radius 3 is 2.80 bits per heavy atom. The van der Waals surface area contributed by atoms with E-state index in [1.165, 1.54) is 19.1 Å². The molecular formula is C22H26FN5O2. The van der Waals surface area contributed by atoms with Gasteiger partial charge in [-0.3, -0.25) is 9.79 Å². The molecule has 1 heterocycles. The van der Waals surface area contributed by atoms with E-state index in [1.807, 2.05) is 24.4 Å². The molecule has 0 aliphatic rings. The Balaban J connectivity index is 1.40. The van der Waals surface area contributed by atoms with Gasteiger partial charge in [-0.2, -0.15) is 0 Å². The van der Waals surface area contributed by atoms with Gasteiger partial charge in [0.25, 0.3) is 0 Å². The molecule has 3 aromatic rings. The summed E-state index contributed by atoms with van der Waals surface area (Å²) in [4.78, 5) is 18.4. The highest BCUT2D eigenvalue weighted by molar-refractivity contribution is 5.88. The van der Waals surface area contributed by atoms with Crippen molar-refractivity contribution in [2.24, 2.45) is 4.99 Å². The summed E-state index contributed by atoms with van der Waals surface area (Å²) in [6.45, 7) is 3.16. The molecule has 0 unspecified atom stereocenters. The molecule has 8 heteroatoms. The molecule has 0 radical (unpaired) electrons. The van der Waals surface area contributed by atoms with Crippen molar-refractivity contribution in [1.82, 2.24) is 15.6 Å². The van der Waals surface area contributed by atoms with E-state index in [0.29, 0.717) is 37.1 Å². The van der Waals surface area contributed by atoms with Crippen LogP contribution in [0.4, 0.5) is 10.1 Å². The number of guanidine groups is 1. The summed E-state index contributed by atoms with van der Waals surface area (Å²) in [7, 11) is 1.71. The molecule has 0 bridgehead atoms. The molecule has 0 aliphatic carbocycles. The van der Waals surface area contributed by atoms with Crippen molar-refractivity contribution in [3.63, 3.8) is 0 Å². The fourth-order valence-electron chi connectivity index (χ4n) is 3.11. The van der Waals surface area contributed by atoms with E-state index >= 15 is 0 Å². The van der Waals surface area contributed by atoms with E-state index in [1.54, 1.807) is 19.2 Å². The second kappa shape index (κ2) is 10.3. The average Bonchev–Trinajstić information content (AvgIpc) is 3.11. The largest absolute Gasteiger partial charge is 0.492 e. The third kappa shape index (κ3) is 5.97. The van der Waals surface area contributed by atoms with Crippen LogP contribution in [-0.2, 0) is 11.2 Å². The number of hydrogen-bond donors (Lipinski definition) is 4. The number of ether oxygens (including phenoxy) is 1. The van der Waals surface area contributed by atoms with Gasteiger partial charge in [0.1, 0.15) is 18.2 Å². The van der Waals surface area contributed by atoms with Gasteiger partial charge in [0, 0.05) is 49.4 Å². The number of benzene rings is 2. The lowest BCUT2D eigenvalue weighted by molar-refractivity contribution is -0.114. The number of nitrogens with one attached hydrogen (secondary N) is 4. The van der Waals surface area contributed by atoms with Gasteiger partial charge in [0.2, 0.25) is 5.91 Å². The van der Waals surface area contributed by atoms with Crippen molar-refractivity contribution >= 4 is 28.5 Å². The van der Waals surface area contributed by atoms with Gasteiger partial charge in [-0.05, 0) is 42.3 Å². The van der Waals surface area contributed by atoms with Gasteiger partial charge in [0.05, 0.1) is 6.54 Å². The number of aromatic amines is 1. The molecule has 0 saturated heterocycles. The van der Waals surface area contributed by atoms with Gasteiger partial charge in [-0.15, -0.1) is 0 Å². The third-order valence-corrected chi connectivity index (χ3v) is 4.46. The molecule has 0 fully saturated rings. The normalized spacial score (nSPS) is 11.4. The number of rotatable bonds is 8. The number of aliphatic imine (C=N–C) groups is 1. The molecule has 1 amide bonds. The van der Waals surface area contributed by atoms with E-state index in [4.69, 9.17) is 4.74 Å². The molecule has 0 atom stereocenters. The van der Waals surface area contributed by atoms with Crippen LogP contribution in [0.3, 0.4) is 0 Å². The highest BCUT2D eigenvalue weighted by Gasteiger charge is 2.05. The molecule has 2 aromatic carbocycles. The molecular weight excluding hydrogens is 385 g/mol. The number of amides is 1. The van der Waals surface area contributed by atoms with Crippen LogP contribution in [0.15, 0.2) is 53.7 Å². The molecule has 30 heavy (non-hydrogen) atoms. The maximum Gasteiger partial charge on any atom is 0.221 e. The molecule has 7 nitrogen and oxygen atoms in total. The van der Waals surface area contributed by atoms with Crippen LogP contribution >= 0.6 is 0 Å². The minimum atomic E-state index is -0.248. The van der Waals surface area contributed by atoms with Crippen LogP contribution in [0, 0.1) is 5.82 Å². The van der Waals surface area contributed by atoms with Crippen molar-refractivity contribution in [2.75, 3.05) is 32.1 Å². The first-order chi connectivity index (χ1) is 14.5. The highest BCUT2D eigenvalue weighted by Crippen LogP contribution is 2.19. The van der Waals surface area contributed by atoms with Crippen LogP contribution in [-0.4, -0.2) is 43.6 Å². The Morgan fingerprint density at radius 1 is 1.17 bits per heavy atom. The van der Waals surface area contributed by atoms with Gasteiger partial charge in [-0.25, -0.2) is 4.39 Å². The van der Waals surface area contributed by atoms with Crippen molar-refractivity contribution in [1.29, 1.82) is 0 Å². The third-order valence-electron chi connectivity index (χ3n) is 4.46. The maximum atomic E-state index is 13.3. The van der Waals surface area contributed by atoms with E-state index in [-0.39, 0.29) is 11.7 Å². The quantitative estimate of drug-likeness (QED) is 0.261. The van der Waals surface area contributed by atoms with Gasteiger partial charge < -0.3 is 25.7 Å². The lowest BCUT2D eigenvalue weighted by Crippen LogP contribution is -2.40. The lowest BCUT2D eigenvalue weighted by Gasteiger charge is -2.13. The van der Waals surface area contributed by atoms with Crippen molar-refractivity contribution in [2.45, 2.75) is 13.3 Å². The van der Waals surface area contributed by atoms with Gasteiger partial charge in [-0.1, -0.05) is 6.07 Å². The lowest BCUT2D eigenvalue weighted by atomic mass is 10.1. The minimum absolute atomic E-state index is 0.122. The summed E-state index contributed by atoms with van der Waals surface area (Å²) < 4.78 is 19.0. The Morgan fingerprint density at radius 2 is 2.00 bits per heavy atom. The molecule has 0 aliphatic heterocycles. The second-order valence-corrected chi connectivity index (χ2v) is 6.74. The average molecular weight is 411 g/mol. The molecule has 4 N–H and O–H groups in total. The zero-order valence-corrected chi connectivity index (χ0v) is 17.1. The fourth-order valence-corrected chi connectivity index (χ4v) is 3.11. The number of anilines is 1. The van der Waals surface area contributed by atoms with Crippen molar-refractivity contribution < 1.29 is 13.9 Å². The number of nitrogens with zero attached hydrogens (tertiary/aromatic N) is 1. The number of H-pyrrole nitrogens is 1. The number of carbonyl (C=O) groups is 1. The first-order valence-electron chi connectivity index (χ1n) is 9.75. The molecule has 1 aromatic heterocycles. The van der Waals surface area contributed by atoms with Crippen LogP contribution in [0.1, 0.15) is 12.5 Å². The van der Waals surface area contributed by atoms with Gasteiger partial charge >= 0.3 is 0 Å². The monoisotopic (exact) mass is 411 g/mol. The Hall–Kier alpha value is -3.55. The smallest absolute Gasteiger partial charge is 0.221 e. The Labute approximate surface area is 174 Å². The molecule has 0 spiro atoms. The minimum Gasteiger partial charge on any atom is -0.492 e. The van der Waals surface area contributed by atoms with Crippen molar-refractivity contribution in [3.8, 4) is 5.75 Å². The number of halogens is 1. The number of aromatic nitrogens is 1. The number of hydrogen-bond acceptors (Lipinski definition) is 3. The summed E-state index contributed by atoms with van der Waals surface area (Å²) in [6, 6.07) is 12.0. The second-order valence-electron chi connectivity index (χ2n) is 6.74. The summed E-state index contributed by atoms with van der Waals surface area (Å²) >= 11 is 0. The van der Waals surface area contributed by atoms with Crippen molar-refractivity contribution in [3.05, 3.63) is 60.0 Å². The predicted molar refractivity (Wildman–Crippen MR) is 118 cm³/mol. The molecule has 0 saturated carbocycles. The van der Waals surface area contributed by atoms with Crippen LogP contribution in [0.5, 0.6) is 5.75 Å². The standard InChI is InChI=1S/C22H26FN5O2/c1-15(29)28-18-4-3-5-19(13-18)30-11-10-26-22(24-2)25-9-8-16-14-27-21-12-17(23)6-7-20(16)21/h3-7,12-14,27H,8-11H2,1-2H3,(H,28,29)(H2,24,25,26).